The number of benzene rings is 2. The van der Waals surface area contributed by atoms with Gasteiger partial charge in [0.15, 0.2) is 0 Å². The third-order valence-corrected chi connectivity index (χ3v) is 8.25. The van der Waals surface area contributed by atoms with Crippen molar-refractivity contribution in [3.05, 3.63) is 63.1 Å². The Kier molecular flexibility index (Phi) is 11.6. The van der Waals surface area contributed by atoms with Gasteiger partial charge in [-0.2, -0.15) is 0 Å². The van der Waals surface area contributed by atoms with E-state index in [9.17, 15) is 9.59 Å². The lowest BCUT2D eigenvalue weighted by Gasteiger charge is -2.33. The third kappa shape index (κ3) is 8.89. The second kappa shape index (κ2) is 14.4. The summed E-state index contributed by atoms with van der Waals surface area (Å²) in [5.74, 6) is 0.681. The lowest BCUT2D eigenvalue weighted by molar-refractivity contribution is -0.141. The number of hydrogen-bond acceptors (Lipinski definition) is 3. The molecule has 0 aliphatic heterocycles. The maximum Gasteiger partial charge on any atom is 0.243 e. The summed E-state index contributed by atoms with van der Waals surface area (Å²) in [6.45, 7) is 2.22. The van der Waals surface area contributed by atoms with Crippen LogP contribution in [0.3, 0.4) is 0 Å². The second-order valence-electron chi connectivity index (χ2n) is 8.93. The van der Waals surface area contributed by atoms with Crippen LogP contribution in [0.1, 0.15) is 63.9 Å². The fraction of sp³-hybridized carbons (Fsp3) is 0.481. The molecule has 1 saturated carbocycles. The number of carbonyl (C=O) groups excluding carboxylic acids is 2. The Balaban J connectivity index is 1.67. The zero-order valence-electron chi connectivity index (χ0n) is 20.1. The SMILES string of the molecule is CC[C@H](C(=O)NC1CCCCC1)N(Cc1ccc(Cl)cc1Cl)C(=O)CCCSc1ccc(Cl)cc1. The zero-order valence-corrected chi connectivity index (χ0v) is 23.2. The van der Waals surface area contributed by atoms with Gasteiger partial charge in [0.2, 0.25) is 11.8 Å². The molecule has 2 amide bonds. The van der Waals surface area contributed by atoms with Crippen LogP contribution in [0.25, 0.3) is 0 Å². The van der Waals surface area contributed by atoms with Crippen molar-refractivity contribution >= 4 is 58.4 Å². The Bertz CT molecular complexity index is 981. The number of amides is 2. The molecule has 4 nitrogen and oxygen atoms in total. The molecule has 2 aromatic rings. The minimum absolute atomic E-state index is 0.0432. The van der Waals surface area contributed by atoms with Gasteiger partial charge in [-0.1, -0.05) is 67.1 Å². The Morgan fingerprint density at radius 2 is 1.71 bits per heavy atom. The second-order valence-corrected chi connectivity index (χ2v) is 11.4. The van der Waals surface area contributed by atoms with Crippen molar-refractivity contribution in [2.45, 2.75) is 81.8 Å². The van der Waals surface area contributed by atoms with Crippen molar-refractivity contribution in [1.29, 1.82) is 0 Å². The van der Waals surface area contributed by atoms with Crippen molar-refractivity contribution in [2.24, 2.45) is 0 Å². The van der Waals surface area contributed by atoms with Crippen LogP contribution in [-0.2, 0) is 16.1 Å². The minimum atomic E-state index is -0.542. The number of hydrogen-bond donors (Lipinski definition) is 1. The smallest absolute Gasteiger partial charge is 0.243 e. The molecular weight excluding hydrogens is 523 g/mol. The monoisotopic (exact) mass is 554 g/mol. The van der Waals surface area contributed by atoms with Gasteiger partial charge in [-0.25, -0.2) is 0 Å². The summed E-state index contributed by atoms with van der Waals surface area (Å²) >= 11 is 20.1. The molecule has 190 valence electrons. The van der Waals surface area contributed by atoms with Crippen molar-refractivity contribution in [3.63, 3.8) is 0 Å². The molecule has 0 saturated heterocycles. The van der Waals surface area contributed by atoms with E-state index in [-0.39, 0.29) is 24.4 Å². The first-order chi connectivity index (χ1) is 16.9. The first-order valence-corrected chi connectivity index (χ1v) is 14.4. The summed E-state index contributed by atoms with van der Waals surface area (Å²) in [4.78, 5) is 29.5. The van der Waals surface area contributed by atoms with Gasteiger partial charge in [0, 0.05) is 39.0 Å². The predicted molar refractivity (Wildman–Crippen MR) is 148 cm³/mol. The van der Waals surface area contributed by atoms with Gasteiger partial charge in [0.1, 0.15) is 6.04 Å². The zero-order chi connectivity index (χ0) is 25.2. The van der Waals surface area contributed by atoms with Crippen LogP contribution >= 0.6 is 46.6 Å². The summed E-state index contributed by atoms with van der Waals surface area (Å²) < 4.78 is 0. The van der Waals surface area contributed by atoms with Crippen LogP contribution in [0.5, 0.6) is 0 Å². The average molecular weight is 556 g/mol. The summed E-state index contributed by atoms with van der Waals surface area (Å²) in [5.41, 5.74) is 0.781. The average Bonchev–Trinajstić information content (AvgIpc) is 2.84. The van der Waals surface area contributed by atoms with Crippen LogP contribution in [0, 0.1) is 0 Å². The van der Waals surface area contributed by atoms with E-state index in [2.05, 4.69) is 5.32 Å². The van der Waals surface area contributed by atoms with E-state index in [1.54, 1.807) is 28.8 Å². The summed E-state index contributed by atoms with van der Waals surface area (Å²) in [5, 5.41) is 4.95. The van der Waals surface area contributed by atoms with Crippen molar-refractivity contribution < 1.29 is 9.59 Å². The maximum atomic E-state index is 13.4. The Morgan fingerprint density at radius 1 is 1.03 bits per heavy atom. The number of halogens is 3. The highest BCUT2D eigenvalue weighted by Gasteiger charge is 2.30. The van der Waals surface area contributed by atoms with E-state index in [0.717, 1.165) is 41.9 Å². The van der Waals surface area contributed by atoms with Gasteiger partial charge in [-0.15, -0.1) is 11.8 Å². The standard InChI is InChI=1S/C27H33Cl3N2O2S/c1-2-25(27(34)31-22-7-4-3-5-8-22)32(18-19-10-11-21(29)17-24(19)30)26(33)9-6-16-35-23-14-12-20(28)13-15-23/h10-15,17,22,25H,2-9,16,18H2,1H3,(H,31,34)/t25-/m1/s1. The molecule has 1 N–H and O–H groups in total. The summed E-state index contributed by atoms with van der Waals surface area (Å²) in [6.07, 6.45) is 7.09. The largest absolute Gasteiger partial charge is 0.352 e. The lowest BCUT2D eigenvalue weighted by atomic mass is 9.95. The maximum absolute atomic E-state index is 13.4. The van der Waals surface area contributed by atoms with Crippen molar-refractivity contribution in [3.8, 4) is 0 Å². The van der Waals surface area contributed by atoms with Crippen LogP contribution in [0.2, 0.25) is 15.1 Å². The van der Waals surface area contributed by atoms with E-state index in [0.29, 0.717) is 34.3 Å². The quantitative estimate of drug-likeness (QED) is 0.227. The molecule has 0 heterocycles. The fourth-order valence-corrected chi connectivity index (χ4v) is 5.83. The highest BCUT2D eigenvalue weighted by Crippen LogP contribution is 2.26. The van der Waals surface area contributed by atoms with Gasteiger partial charge >= 0.3 is 0 Å². The van der Waals surface area contributed by atoms with Gasteiger partial charge in [-0.3, -0.25) is 9.59 Å². The first kappa shape index (κ1) is 28.2. The third-order valence-electron chi connectivity index (χ3n) is 6.31. The van der Waals surface area contributed by atoms with Gasteiger partial charge in [0.25, 0.3) is 0 Å². The Hall–Kier alpha value is -1.40. The lowest BCUT2D eigenvalue weighted by Crippen LogP contribution is -2.51. The first-order valence-electron chi connectivity index (χ1n) is 12.3. The van der Waals surface area contributed by atoms with E-state index >= 15 is 0 Å². The molecule has 1 aliphatic rings. The molecule has 1 aliphatic carbocycles. The number of nitrogens with zero attached hydrogens (tertiary/aromatic N) is 1. The van der Waals surface area contributed by atoms with Crippen LogP contribution in [0.4, 0.5) is 0 Å². The molecule has 8 heteroatoms. The van der Waals surface area contributed by atoms with Gasteiger partial charge < -0.3 is 10.2 Å². The highest BCUT2D eigenvalue weighted by atomic mass is 35.5. The highest BCUT2D eigenvalue weighted by molar-refractivity contribution is 7.99. The van der Waals surface area contributed by atoms with Crippen LogP contribution in [-0.4, -0.2) is 34.6 Å². The van der Waals surface area contributed by atoms with E-state index in [1.807, 2.05) is 37.3 Å². The summed E-state index contributed by atoms with van der Waals surface area (Å²) in [7, 11) is 0. The number of carbonyl (C=O) groups is 2. The molecule has 0 radical (unpaired) electrons. The van der Waals surface area contributed by atoms with E-state index in [1.165, 1.54) is 6.42 Å². The van der Waals surface area contributed by atoms with Gasteiger partial charge in [0.05, 0.1) is 0 Å². The molecule has 2 aromatic carbocycles. The topological polar surface area (TPSA) is 49.4 Å². The molecule has 0 bridgehead atoms. The summed E-state index contributed by atoms with van der Waals surface area (Å²) in [6, 6.07) is 12.6. The molecule has 0 unspecified atom stereocenters. The Morgan fingerprint density at radius 3 is 2.37 bits per heavy atom. The molecule has 1 atom stereocenters. The fourth-order valence-electron chi connectivity index (χ4n) is 4.39. The number of thioether (sulfide) groups is 1. The predicted octanol–water partition coefficient (Wildman–Crippen LogP) is 7.78. The molecular formula is C27H33Cl3N2O2S. The molecule has 3 rings (SSSR count). The molecule has 35 heavy (non-hydrogen) atoms. The van der Waals surface area contributed by atoms with Crippen LogP contribution < -0.4 is 5.32 Å². The minimum Gasteiger partial charge on any atom is -0.352 e. The molecule has 1 fully saturated rings. The number of nitrogens with one attached hydrogen (secondary N) is 1. The molecule has 0 aromatic heterocycles. The molecule has 0 spiro atoms. The Labute approximate surface area is 228 Å². The van der Waals surface area contributed by atoms with Crippen LogP contribution in [0.15, 0.2) is 47.4 Å². The van der Waals surface area contributed by atoms with E-state index < -0.39 is 6.04 Å². The van der Waals surface area contributed by atoms with Gasteiger partial charge in [-0.05, 0) is 73.4 Å². The number of rotatable bonds is 11. The van der Waals surface area contributed by atoms with E-state index in [4.69, 9.17) is 34.8 Å². The van der Waals surface area contributed by atoms with Crippen molar-refractivity contribution in [2.75, 3.05) is 5.75 Å². The van der Waals surface area contributed by atoms with Crippen molar-refractivity contribution in [1.82, 2.24) is 10.2 Å². The normalized spacial score (nSPS) is 15.0.